The fraction of sp³-hybridized carbons (Fsp3) is 0.333. The van der Waals surface area contributed by atoms with E-state index in [1.807, 2.05) is 30.3 Å². The topological polar surface area (TPSA) is 53.7 Å². The molecule has 23 heavy (non-hydrogen) atoms. The molecule has 2 N–H and O–H groups in total. The average molecular weight is 336 g/mol. The van der Waals surface area contributed by atoms with Crippen LogP contribution in [0.2, 0.25) is 5.02 Å². The molecule has 0 spiro atoms. The quantitative estimate of drug-likeness (QED) is 0.839. The van der Waals surface area contributed by atoms with Crippen molar-refractivity contribution < 1.29 is 14.2 Å². The van der Waals surface area contributed by atoms with Gasteiger partial charge in [-0.1, -0.05) is 23.7 Å². The van der Waals surface area contributed by atoms with Gasteiger partial charge in [-0.15, -0.1) is 0 Å². The molecule has 0 fully saturated rings. The summed E-state index contributed by atoms with van der Waals surface area (Å²) in [5, 5.41) is 0.531. The number of rotatable bonds is 7. The molecular weight excluding hydrogens is 314 g/mol. The first-order chi connectivity index (χ1) is 11.1. The number of ether oxygens (including phenoxy) is 3. The molecule has 0 saturated carbocycles. The second kappa shape index (κ2) is 8.09. The van der Waals surface area contributed by atoms with Gasteiger partial charge in [0.2, 0.25) is 0 Å². The molecular formula is C18H22ClNO3. The first-order valence-electron chi connectivity index (χ1n) is 7.37. The van der Waals surface area contributed by atoms with Crippen molar-refractivity contribution in [2.24, 2.45) is 5.73 Å². The zero-order valence-corrected chi connectivity index (χ0v) is 14.4. The summed E-state index contributed by atoms with van der Waals surface area (Å²) in [6, 6.07) is 11.8. The van der Waals surface area contributed by atoms with E-state index in [-0.39, 0.29) is 5.92 Å². The number of benzene rings is 2. The van der Waals surface area contributed by atoms with Crippen LogP contribution in [-0.2, 0) is 6.42 Å². The predicted octanol–water partition coefficient (Wildman–Crippen LogP) is 3.65. The Bertz CT molecular complexity index is 661. The number of halogens is 1. The summed E-state index contributed by atoms with van der Waals surface area (Å²) < 4.78 is 15.9. The molecule has 0 aliphatic heterocycles. The summed E-state index contributed by atoms with van der Waals surface area (Å²) in [5.74, 6) is 2.16. The maximum atomic E-state index is 6.28. The van der Waals surface area contributed by atoms with Crippen LogP contribution < -0.4 is 19.9 Å². The second-order valence-electron chi connectivity index (χ2n) is 5.23. The molecule has 0 saturated heterocycles. The Morgan fingerprint density at radius 1 is 1.04 bits per heavy atom. The molecule has 1 unspecified atom stereocenters. The number of hydrogen-bond donors (Lipinski definition) is 1. The zero-order valence-electron chi connectivity index (χ0n) is 13.6. The molecule has 4 nitrogen and oxygen atoms in total. The first-order valence-corrected chi connectivity index (χ1v) is 7.75. The van der Waals surface area contributed by atoms with Gasteiger partial charge in [0.15, 0.2) is 11.5 Å². The third-order valence-electron chi connectivity index (χ3n) is 3.83. The van der Waals surface area contributed by atoms with Crippen molar-refractivity contribution in [2.45, 2.75) is 12.3 Å². The van der Waals surface area contributed by atoms with Crippen LogP contribution in [0.15, 0.2) is 36.4 Å². The summed E-state index contributed by atoms with van der Waals surface area (Å²) in [6.07, 6.45) is 0.754. The van der Waals surface area contributed by atoms with Crippen LogP contribution in [0.25, 0.3) is 0 Å². The molecule has 0 bridgehead atoms. The Hall–Kier alpha value is -1.91. The van der Waals surface area contributed by atoms with Gasteiger partial charge in [-0.25, -0.2) is 0 Å². The average Bonchev–Trinajstić information content (AvgIpc) is 2.59. The first kappa shape index (κ1) is 17.4. The van der Waals surface area contributed by atoms with E-state index in [0.717, 1.165) is 23.3 Å². The maximum Gasteiger partial charge on any atom is 0.179 e. The van der Waals surface area contributed by atoms with E-state index in [1.165, 1.54) is 0 Å². The molecule has 1 atom stereocenters. The van der Waals surface area contributed by atoms with Gasteiger partial charge in [0.05, 0.1) is 26.4 Å². The van der Waals surface area contributed by atoms with Gasteiger partial charge in [-0.05, 0) is 48.4 Å². The van der Waals surface area contributed by atoms with Crippen LogP contribution >= 0.6 is 11.6 Å². The van der Waals surface area contributed by atoms with Crippen LogP contribution in [-0.4, -0.2) is 27.9 Å². The molecule has 0 aromatic heterocycles. The normalized spacial score (nSPS) is 11.9. The van der Waals surface area contributed by atoms with Crippen molar-refractivity contribution in [3.63, 3.8) is 0 Å². The van der Waals surface area contributed by atoms with E-state index in [1.54, 1.807) is 21.3 Å². The van der Waals surface area contributed by atoms with Crippen molar-refractivity contribution in [3.05, 3.63) is 52.5 Å². The van der Waals surface area contributed by atoms with Gasteiger partial charge >= 0.3 is 0 Å². The molecule has 124 valence electrons. The summed E-state index contributed by atoms with van der Waals surface area (Å²) in [4.78, 5) is 0. The summed E-state index contributed by atoms with van der Waals surface area (Å²) in [6.45, 7) is 0.527. The van der Waals surface area contributed by atoms with E-state index in [4.69, 9.17) is 31.5 Å². The predicted molar refractivity (Wildman–Crippen MR) is 93.0 cm³/mol. The molecule has 0 radical (unpaired) electrons. The van der Waals surface area contributed by atoms with Gasteiger partial charge in [-0.3, -0.25) is 0 Å². The van der Waals surface area contributed by atoms with Crippen molar-refractivity contribution in [1.29, 1.82) is 0 Å². The van der Waals surface area contributed by atoms with E-state index in [0.29, 0.717) is 23.1 Å². The third-order valence-corrected chi connectivity index (χ3v) is 4.11. The summed E-state index contributed by atoms with van der Waals surface area (Å²) in [5.41, 5.74) is 8.16. The Balaban J connectivity index is 2.29. The van der Waals surface area contributed by atoms with Crippen LogP contribution in [0.3, 0.4) is 0 Å². The van der Waals surface area contributed by atoms with Crippen LogP contribution in [0, 0.1) is 0 Å². The van der Waals surface area contributed by atoms with Crippen molar-refractivity contribution in [1.82, 2.24) is 0 Å². The Morgan fingerprint density at radius 2 is 1.83 bits per heavy atom. The SMILES string of the molecule is COc1cccc(C(CN)Cc2cc(Cl)c(OC)c(OC)c2)c1. The lowest BCUT2D eigenvalue weighted by Crippen LogP contribution is -2.15. The lowest BCUT2D eigenvalue weighted by molar-refractivity contribution is 0.354. The smallest absolute Gasteiger partial charge is 0.179 e. The van der Waals surface area contributed by atoms with Crippen LogP contribution in [0.5, 0.6) is 17.2 Å². The zero-order chi connectivity index (χ0) is 16.8. The highest BCUT2D eigenvalue weighted by Gasteiger charge is 2.16. The van der Waals surface area contributed by atoms with Crippen molar-refractivity contribution >= 4 is 11.6 Å². The van der Waals surface area contributed by atoms with Gasteiger partial charge in [0.1, 0.15) is 5.75 Å². The number of nitrogens with two attached hydrogens (primary N) is 1. The second-order valence-corrected chi connectivity index (χ2v) is 5.63. The highest BCUT2D eigenvalue weighted by atomic mass is 35.5. The summed E-state index contributed by atoms with van der Waals surface area (Å²) in [7, 11) is 4.83. The fourth-order valence-corrected chi connectivity index (χ4v) is 2.92. The highest BCUT2D eigenvalue weighted by Crippen LogP contribution is 2.37. The lowest BCUT2D eigenvalue weighted by Gasteiger charge is -2.18. The van der Waals surface area contributed by atoms with E-state index >= 15 is 0 Å². The lowest BCUT2D eigenvalue weighted by atomic mass is 9.92. The minimum Gasteiger partial charge on any atom is -0.497 e. The van der Waals surface area contributed by atoms with Gasteiger partial charge in [-0.2, -0.15) is 0 Å². The minimum absolute atomic E-state index is 0.166. The molecule has 2 aromatic rings. The van der Waals surface area contributed by atoms with Gasteiger partial charge in [0.25, 0.3) is 0 Å². The molecule has 0 heterocycles. The standard InChI is InChI=1S/C18H22ClNO3/c1-21-15-6-4-5-13(10-15)14(11-20)7-12-8-16(19)18(23-3)17(9-12)22-2/h4-6,8-10,14H,7,11,20H2,1-3H3. The van der Waals surface area contributed by atoms with Crippen LogP contribution in [0.1, 0.15) is 17.0 Å². The van der Waals surface area contributed by atoms with Crippen LogP contribution in [0.4, 0.5) is 0 Å². The van der Waals surface area contributed by atoms with Crippen molar-refractivity contribution in [3.8, 4) is 17.2 Å². The largest absolute Gasteiger partial charge is 0.497 e. The molecule has 2 aromatic carbocycles. The molecule has 0 aliphatic rings. The maximum absolute atomic E-state index is 6.28. The minimum atomic E-state index is 0.166. The Kier molecular flexibility index (Phi) is 6.13. The Labute approximate surface area is 142 Å². The molecule has 2 rings (SSSR count). The van der Waals surface area contributed by atoms with Gasteiger partial charge < -0.3 is 19.9 Å². The van der Waals surface area contributed by atoms with Crippen molar-refractivity contribution in [2.75, 3.05) is 27.9 Å². The number of methoxy groups -OCH3 is 3. The monoisotopic (exact) mass is 335 g/mol. The van der Waals surface area contributed by atoms with E-state index < -0.39 is 0 Å². The van der Waals surface area contributed by atoms with E-state index in [9.17, 15) is 0 Å². The third kappa shape index (κ3) is 4.09. The Morgan fingerprint density at radius 3 is 2.43 bits per heavy atom. The highest BCUT2D eigenvalue weighted by molar-refractivity contribution is 6.32. The van der Waals surface area contributed by atoms with Gasteiger partial charge in [0, 0.05) is 5.92 Å². The summed E-state index contributed by atoms with van der Waals surface area (Å²) >= 11 is 6.28. The number of hydrogen-bond acceptors (Lipinski definition) is 4. The molecule has 0 aliphatic carbocycles. The fourth-order valence-electron chi connectivity index (χ4n) is 2.61. The van der Waals surface area contributed by atoms with E-state index in [2.05, 4.69) is 6.07 Å². The molecule has 0 amide bonds. The molecule has 5 heteroatoms.